The molecule has 0 spiro atoms. The molecule has 2 aromatic carbocycles. The number of benzene rings is 2. The smallest absolute Gasteiger partial charge is 0.224 e. The van der Waals surface area contributed by atoms with Gasteiger partial charge in [-0.25, -0.2) is 0 Å². The molecular weight excluding hydrogens is 246 g/mol. The van der Waals surface area contributed by atoms with E-state index in [4.69, 9.17) is 0 Å². The number of rotatable bonds is 4. The van der Waals surface area contributed by atoms with E-state index in [-0.39, 0.29) is 11.8 Å². The van der Waals surface area contributed by atoms with Gasteiger partial charge in [0.2, 0.25) is 5.91 Å². The molecule has 1 amide bonds. The monoisotopic (exact) mass is 267 g/mol. The second-order valence-corrected chi connectivity index (χ2v) is 5.36. The van der Waals surface area contributed by atoms with Crippen LogP contribution in [-0.2, 0) is 4.79 Å². The minimum Gasteiger partial charge on any atom is -0.326 e. The second-order valence-electron chi connectivity index (χ2n) is 5.36. The van der Waals surface area contributed by atoms with Gasteiger partial charge in [-0.1, -0.05) is 43.3 Å². The van der Waals surface area contributed by atoms with Crippen LogP contribution in [0, 0.1) is 13.8 Å². The van der Waals surface area contributed by atoms with Crippen LogP contribution in [0.4, 0.5) is 5.69 Å². The Morgan fingerprint density at radius 3 is 2.40 bits per heavy atom. The number of carbonyl (C=O) groups excluding carboxylic acids is 1. The number of amides is 1. The number of aryl methyl sites for hydroxylation is 2. The highest BCUT2D eigenvalue weighted by molar-refractivity contribution is 5.91. The van der Waals surface area contributed by atoms with Gasteiger partial charge in [0, 0.05) is 12.1 Å². The Morgan fingerprint density at radius 1 is 1.05 bits per heavy atom. The lowest BCUT2D eigenvalue weighted by atomic mass is 9.97. The fraction of sp³-hybridized carbons (Fsp3) is 0.278. The molecule has 0 heterocycles. The fourth-order valence-corrected chi connectivity index (χ4v) is 2.21. The van der Waals surface area contributed by atoms with Gasteiger partial charge < -0.3 is 5.32 Å². The zero-order valence-corrected chi connectivity index (χ0v) is 12.3. The lowest BCUT2D eigenvalue weighted by Crippen LogP contribution is -2.14. The molecular formula is C18H21NO. The van der Waals surface area contributed by atoms with Crippen molar-refractivity contribution in [2.75, 3.05) is 5.32 Å². The van der Waals surface area contributed by atoms with Crippen molar-refractivity contribution in [2.45, 2.75) is 33.1 Å². The molecule has 0 bridgehead atoms. The van der Waals surface area contributed by atoms with E-state index in [1.165, 1.54) is 16.7 Å². The molecule has 0 aromatic heterocycles. The summed E-state index contributed by atoms with van der Waals surface area (Å²) in [4.78, 5) is 12.1. The topological polar surface area (TPSA) is 29.1 Å². The molecule has 104 valence electrons. The van der Waals surface area contributed by atoms with E-state index < -0.39 is 0 Å². The van der Waals surface area contributed by atoms with Crippen molar-refractivity contribution in [1.82, 2.24) is 0 Å². The predicted octanol–water partition coefficient (Wildman–Crippen LogP) is 4.44. The van der Waals surface area contributed by atoms with Crippen molar-refractivity contribution < 1.29 is 4.79 Å². The molecule has 0 fully saturated rings. The summed E-state index contributed by atoms with van der Waals surface area (Å²) in [5.41, 5.74) is 4.50. The average Bonchev–Trinajstić information content (AvgIpc) is 2.44. The lowest BCUT2D eigenvalue weighted by Gasteiger charge is -2.12. The first-order valence-electron chi connectivity index (χ1n) is 6.98. The largest absolute Gasteiger partial charge is 0.326 e. The third kappa shape index (κ3) is 3.70. The highest BCUT2D eigenvalue weighted by Gasteiger charge is 2.11. The quantitative estimate of drug-likeness (QED) is 0.872. The maximum absolute atomic E-state index is 12.1. The molecule has 2 aromatic rings. The predicted molar refractivity (Wildman–Crippen MR) is 84.0 cm³/mol. The molecule has 0 saturated carbocycles. The zero-order valence-electron chi connectivity index (χ0n) is 12.3. The molecule has 2 heteroatoms. The molecule has 0 unspecified atom stereocenters. The SMILES string of the molecule is Cc1ccc(NC(=O)C[C@@H](C)c2ccccc2)cc1C. The second kappa shape index (κ2) is 6.38. The van der Waals surface area contributed by atoms with E-state index in [1.807, 2.05) is 36.4 Å². The minimum atomic E-state index is 0.0598. The van der Waals surface area contributed by atoms with Crippen molar-refractivity contribution in [3.8, 4) is 0 Å². The van der Waals surface area contributed by atoms with Gasteiger partial charge in [0.05, 0.1) is 0 Å². The van der Waals surface area contributed by atoms with Crippen LogP contribution in [-0.4, -0.2) is 5.91 Å². The van der Waals surface area contributed by atoms with Crippen LogP contribution in [0.5, 0.6) is 0 Å². The number of carbonyl (C=O) groups is 1. The molecule has 2 rings (SSSR count). The van der Waals surface area contributed by atoms with Gasteiger partial charge in [0.1, 0.15) is 0 Å². The number of hydrogen-bond acceptors (Lipinski definition) is 1. The van der Waals surface area contributed by atoms with E-state index in [9.17, 15) is 4.79 Å². The molecule has 0 saturated heterocycles. The van der Waals surface area contributed by atoms with E-state index in [1.54, 1.807) is 0 Å². The summed E-state index contributed by atoms with van der Waals surface area (Å²) in [6.45, 7) is 6.20. The van der Waals surface area contributed by atoms with Crippen molar-refractivity contribution in [1.29, 1.82) is 0 Å². The molecule has 0 aliphatic carbocycles. The molecule has 1 N–H and O–H groups in total. The first kappa shape index (κ1) is 14.3. The summed E-state index contributed by atoms with van der Waals surface area (Å²) in [6, 6.07) is 16.1. The van der Waals surface area contributed by atoms with Crippen LogP contribution in [0.15, 0.2) is 48.5 Å². The maximum Gasteiger partial charge on any atom is 0.224 e. The highest BCUT2D eigenvalue weighted by Crippen LogP contribution is 2.20. The maximum atomic E-state index is 12.1. The van der Waals surface area contributed by atoms with Crippen LogP contribution >= 0.6 is 0 Å². The van der Waals surface area contributed by atoms with Crippen molar-refractivity contribution in [3.05, 3.63) is 65.2 Å². The molecule has 0 aliphatic rings. The Morgan fingerprint density at radius 2 is 1.75 bits per heavy atom. The standard InChI is InChI=1S/C18H21NO/c1-13-9-10-17(11-14(13)2)19-18(20)12-15(3)16-7-5-4-6-8-16/h4-11,15H,12H2,1-3H3,(H,19,20)/t15-/m1/s1. The first-order valence-corrected chi connectivity index (χ1v) is 6.98. The summed E-state index contributed by atoms with van der Waals surface area (Å²) in [7, 11) is 0. The molecule has 0 aliphatic heterocycles. The average molecular weight is 267 g/mol. The van der Waals surface area contributed by atoms with Gasteiger partial charge in [-0.2, -0.15) is 0 Å². The Bertz CT molecular complexity index is 590. The van der Waals surface area contributed by atoms with Crippen LogP contribution in [0.25, 0.3) is 0 Å². The van der Waals surface area contributed by atoms with Crippen LogP contribution in [0.1, 0.15) is 36.0 Å². The summed E-state index contributed by atoms with van der Waals surface area (Å²) < 4.78 is 0. The van der Waals surface area contributed by atoms with Gasteiger partial charge in [-0.05, 0) is 48.6 Å². The first-order chi connectivity index (χ1) is 9.56. The highest BCUT2D eigenvalue weighted by atomic mass is 16.1. The lowest BCUT2D eigenvalue weighted by molar-refractivity contribution is -0.116. The van der Waals surface area contributed by atoms with Gasteiger partial charge in [0.15, 0.2) is 0 Å². The summed E-state index contributed by atoms with van der Waals surface area (Å²) in [6.07, 6.45) is 0.497. The fourth-order valence-electron chi connectivity index (χ4n) is 2.21. The van der Waals surface area contributed by atoms with Gasteiger partial charge >= 0.3 is 0 Å². The third-order valence-corrected chi connectivity index (χ3v) is 3.65. The van der Waals surface area contributed by atoms with Crippen molar-refractivity contribution in [3.63, 3.8) is 0 Å². The van der Waals surface area contributed by atoms with E-state index in [2.05, 4.69) is 38.2 Å². The van der Waals surface area contributed by atoms with Crippen molar-refractivity contribution >= 4 is 11.6 Å². The van der Waals surface area contributed by atoms with Crippen LogP contribution in [0.2, 0.25) is 0 Å². The molecule has 1 atom stereocenters. The molecule has 20 heavy (non-hydrogen) atoms. The summed E-state index contributed by atoms with van der Waals surface area (Å²) in [5.74, 6) is 0.285. The summed E-state index contributed by atoms with van der Waals surface area (Å²) in [5, 5.41) is 2.97. The van der Waals surface area contributed by atoms with E-state index in [0.29, 0.717) is 6.42 Å². The van der Waals surface area contributed by atoms with E-state index in [0.717, 1.165) is 5.69 Å². The van der Waals surface area contributed by atoms with E-state index >= 15 is 0 Å². The Balaban J connectivity index is 1.97. The van der Waals surface area contributed by atoms with Gasteiger partial charge in [-0.15, -0.1) is 0 Å². The van der Waals surface area contributed by atoms with Crippen LogP contribution in [0.3, 0.4) is 0 Å². The number of nitrogens with one attached hydrogen (secondary N) is 1. The Labute approximate surface area is 120 Å². The van der Waals surface area contributed by atoms with Gasteiger partial charge in [0.25, 0.3) is 0 Å². The number of anilines is 1. The Kier molecular flexibility index (Phi) is 4.57. The van der Waals surface area contributed by atoms with Gasteiger partial charge in [-0.3, -0.25) is 4.79 Å². The van der Waals surface area contributed by atoms with Crippen molar-refractivity contribution in [2.24, 2.45) is 0 Å². The number of hydrogen-bond donors (Lipinski definition) is 1. The third-order valence-electron chi connectivity index (χ3n) is 3.65. The molecule has 2 nitrogen and oxygen atoms in total. The zero-order chi connectivity index (χ0) is 14.5. The van der Waals surface area contributed by atoms with Crippen LogP contribution < -0.4 is 5.32 Å². The normalized spacial score (nSPS) is 11.9. The molecule has 0 radical (unpaired) electrons. The minimum absolute atomic E-state index is 0.0598. The Hall–Kier alpha value is -2.09. The summed E-state index contributed by atoms with van der Waals surface area (Å²) >= 11 is 0.